The van der Waals surface area contributed by atoms with E-state index in [1.165, 1.54) is 0 Å². The van der Waals surface area contributed by atoms with Gasteiger partial charge in [-0.3, -0.25) is 4.79 Å². The molecule has 114 valence electrons. The molecule has 0 unspecified atom stereocenters. The Hall–Kier alpha value is -1.94. The van der Waals surface area contributed by atoms with Gasteiger partial charge in [0.1, 0.15) is 6.29 Å². The number of carbonyl (C=O) groups is 2. The Labute approximate surface area is 143 Å². The highest BCUT2D eigenvalue weighted by atomic mass is 79.9. The summed E-state index contributed by atoms with van der Waals surface area (Å²) in [4.78, 5) is 24.1. The quantitative estimate of drug-likeness (QED) is 0.643. The summed E-state index contributed by atoms with van der Waals surface area (Å²) in [5.74, 6) is -0.492. The molecule has 0 aliphatic rings. The number of benzene rings is 2. The van der Waals surface area contributed by atoms with Gasteiger partial charge in [0.05, 0.1) is 4.11 Å². The second-order valence-corrected chi connectivity index (χ2v) is 5.72. The first-order valence-corrected chi connectivity index (χ1v) is 7.59. The molecule has 2 aromatic rings. The van der Waals surface area contributed by atoms with Crippen molar-refractivity contribution in [1.29, 1.82) is 0 Å². The Kier molecular flexibility index (Phi) is 3.94. The zero-order valence-electron chi connectivity index (χ0n) is 15.6. The summed E-state index contributed by atoms with van der Waals surface area (Å²) >= 11 is 3.21. The van der Waals surface area contributed by atoms with Crippen LogP contribution in [0.4, 0.5) is 5.69 Å². The van der Waals surface area contributed by atoms with Crippen molar-refractivity contribution in [2.24, 2.45) is 0 Å². The summed E-state index contributed by atoms with van der Waals surface area (Å²) in [6.07, 6.45) is 0.915. The highest BCUT2D eigenvalue weighted by Gasteiger charge is 2.19. The molecule has 0 saturated heterocycles. The van der Waals surface area contributed by atoms with Gasteiger partial charge in [0.2, 0.25) is 0 Å². The zero-order chi connectivity index (χ0) is 18.9. The Morgan fingerprint density at radius 3 is 2.68 bits per heavy atom. The number of ketones is 1. The number of rotatable bonds is 5. The maximum atomic E-state index is 13.2. The minimum absolute atomic E-state index is 0.0693. The summed E-state index contributed by atoms with van der Waals surface area (Å²) in [6, 6.07) is 3.05. The van der Waals surface area contributed by atoms with E-state index >= 15 is 0 Å². The van der Waals surface area contributed by atoms with Gasteiger partial charge >= 0.3 is 0 Å². The molecular formula is C18H18BrNO2. The van der Waals surface area contributed by atoms with Crippen LogP contribution >= 0.6 is 15.9 Å². The fourth-order valence-corrected chi connectivity index (χ4v) is 2.51. The highest BCUT2D eigenvalue weighted by molar-refractivity contribution is 9.10. The van der Waals surface area contributed by atoms with Crippen LogP contribution in [0.15, 0.2) is 34.7 Å². The normalized spacial score (nSPS) is 12.3. The molecule has 0 fully saturated rings. The van der Waals surface area contributed by atoms with E-state index in [0.717, 1.165) is 6.29 Å². The van der Waals surface area contributed by atoms with Crippen LogP contribution in [0.25, 0.3) is 0 Å². The van der Waals surface area contributed by atoms with Crippen molar-refractivity contribution >= 4 is 33.7 Å². The van der Waals surface area contributed by atoms with Gasteiger partial charge in [-0.1, -0.05) is 28.1 Å². The van der Waals surface area contributed by atoms with Crippen molar-refractivity contribution in [2.75, 3.05) is 12.4 Å². The molecule has 0 aromatic heterocycles. The number of hydrogen-bond donors (Lipinski definition) is 1. The van der Waals surface area contributed by atoms with Crippen LogP contribution in [-0.2, 0) is 11.2 Å². The highest BCUT2D eigenvalue weighted by Crippen LogP contribution is 2.28. The summed E-state index contributed by atoms with van der Waals surface area (Å²) in [5.41, 5.74) is 2.53. The summed E-state index contributed by atoms with van der Waals surface area (Å²) < 4.78 is 24.8. The Morgan fingerprint density at radius 1 is 1.32 bits per heavy atom. The van der Waals surface area contributed by atoms with Crippen LogP contribution in [0, 0.1) is 13.8 Å². The van der Waals surface area contributed by atoms with E-state index in [1.807, 2.05) is 0 Å². The summed E-state index contributed by atoms with van der Waals surface area (Å²) in [5, 5.41) is 2.96. The molecule has 3 nitrogen and oxygen atoms in total. The number of aldehydes is 1. The molecule has 1 N–H and O–H groups in total. The van der Waals surface area contributed by atoms with Crippen molar-refractivity contribution in [3.8, 4) is 0 Å². The Bertz CT molecular complexity index is 852. The predicted molar refractivity (Wildman–Crippen MR) is 92.8 cm³/mol. The van der Waals surface area contributed by atoms with Crippen molar-refractivity contribution in [2.45, 2.75) is 20.3 Å². The van der Waals surface area contributed by atoms with E-state index in [0.29, 0.717) is 32.4 Å². The van der Waals surface area contributed by atoms with Gasteiger partial charge < -0.3 is 10.1 Å². The van der Waals surface area contributed by atoms with Crippen molar-refractivity contribution in [3.63, 3.8) is 0 Å². The van der Waals surface area contributed by atoms with Crippen LogP contribution in [-0.4, -0.2) is 19.1 Å². The second-order valence-electron chi connectivity index (χ2n) is 4.93. The molecule has 0 heterocycles. The minimum atomic E-state index is -0.492. The monoisotopic (exact) mass is 362 g/mol. The molecule has 0 aliphatic heterocycles. The third-order valence-electron chi connectivity index (χ3n) is 3.45. The van der Waals surface area contributed by atoms with E-state index in [-0.39, 0.29) is 30.1 Å². The number of hydrogen-bond acceptors (Lipinski definition) is 3. The lowest BCUT2D eigenvalue weighted by molar-refractivity contribution is -0.107. The Morgan fingerprint density at radius 2 is 2.05 bits per heavy atom. The van der Waals surface area contributed by atoms with Crippen LogP contribution in [0.1, 0.15) is 36.7 Å². The van der Waals surface area contributed by atoms with E-state index < -0.39 is 5.78 Å². The van der Waals surface area contributed by atoms with Crippen molar-refractivity contribution in [1.82, 2.24) is 0 Å². The standard InChI is InChI=1S/C18H18BrNO2/c1-11-4-5-13(8-9-21)17(20-3)16(11)18(22)14-6-7-15(19)12(2)10-14/h4-7,9-10,20H,8H2,1-3H3/i6D,7D,10D. The number of anilines is 1. The fourth-order valence-electron chi connectivity index (χ4n) is 2.31. The third-order valence-corrected chi connectivity index (χ3v) is 4.24. The van der Waals surface area contributed by atoms with Gasteiger partial charge in [0, 0.05) is 34.8 Å². The number of nitrogens with one attached hydrogen (secondary N) is 1. The molecule has 2 aromatic carbocycles. The molecular weight excluding hydrogens is 342 g/mol. The number of aryl methyl sites for hydroxylation is 1. The minimum Gasteiger partial charge on any atom is -0.387 e. The molecule has 4 heteroatoms. The number of halogens is 1. The Balaban J connectivity index is 2.79. The predicted octanol–water partition coefficient (Wildman–Crippen LogP) is 4.08. The van der Waals surface area contributed by atoms with Crippen molar-refractivity contribution < 1.29 is 13.7 Å². The zero-order valence-corrected chi connectivity index (χ0v) is 14.2. The average Bonchev–Trinajstić information content (AvgIpc) is 2.59. The van der Waals surface area contributed by atoms with Crippen LogP contribution in [0.3, 0.4) is 0 Å². The molecule has 0 amide bonds. The average molecular weight is 363 g/mol. The first-order valence-electron chi connectivity index (χ1n) is 8.30. The summed E-state index contributed by atoms with van der Waals surface area (Å²) in [7, 11) is 1.66. The van der Waals surface area contributed by atoms with Crippen LogP contribution in [0.5, 0.6) is 0 Å². The van der Waals surface area contributed by atoms with Crippen molar-refractivity contribution in [3.05, 3.63) is 62.5 Å². The van der Waals surface area contributed by atoms with Gasteiger partial charge in [-0.15, -0.1) is 0 Å². The van der Waals surface area contributed by atoms with E-state index in [4.69, 9.17) is 4.11 Å². The van der Waals surface area contributed by atoms with Gasteiger partial charge in [-0.2, -0.15) is 0 Å². The lowest BCUT2D eigenvalue weighted by Crippen LogP contribution is -2.10. The molecule has 0 bridgehead atoms. The maximum Gasteiger partial charge on any atom is 0.195 e. The van der Waals surface area contributed by atoms with Gasteiger partial charge in [-0.25, -0.2) is 0 Å². The smallest absolute Gasteiger partial charge is 0.195 e. The first-order chi connectivity index (χ1) is 11.8. The number of carbonyl (C=O) groups excluding carboxylic acids is 2. The van der Waals surface area contributed by atoms with Gasteiger partial charge in [0.15, 0.2) is 5.78 Å². The SMILES string of the molecule is [2H]c1c([2H])c(C(=O)c2c(C)ccc(CC=O)c2NC)c([2H])c(C)c1Br. The largest absolute Gasteiger partial charge is 0.387 e. The molecule has 2 rings (SSSR count). The molecule has 0 spiro atoms. The van der Waals surface area contributed by atoms with E-state index in [2.05, 4.69) is 21.2 Å². The molecule has 0 aliphatic carbocycles. The first kappa shape index (κ1) is 12.6. The molecule has 0 atom stereocenters. The molecule has 22 heavy (non-hydrogen) atoms. The molecule has 0 saturated carbocycles. The van der Waals surface area contributed by atoms with Gasteiger partial charge in [-0.05, 0) is 48.7 Å². The van der Waals surface area contributed by atoms with Gasteiger partial charge in [0.25, 0.3) is 0 Å². The third kappa shape index (κ3) is 3.12. The van der Waals surface area contributed by atoms with Crippen LogP contribution in [0.2, 0.25) is 0 Å². The lowest BCUT2D eigenvalue weighted by atomic mass is 9.93. The summed E-state index contributed by atoms with van der Waals surface area (Å²) in [6.45, 7) is 3.40. The lowest BCUT2D eigenvalue weighted by Gasteiger charge is -2.15. The molecule has 0 radical (unpaired) electrons. The van der Waals surface area contributed by atoms with E-state index in [1.54, 1.807) is 33.0 Å². The van der Waals surface area contributed by atoms with Crippen LogP contribution < -0.4 is 5.32 Å². The fraction of sp³-hybridized carbons (Fsp3) is 0.222. The topological polar surface area (TPSA) is 46.2 Å². The second kappa shape index (κ2) is 6.88. The van der Waals surface area contributed by atoms with E-state index in [9.17, 15) is 9.59 Å². The maximum absolute atomic E-state index is 13.2.